The molecule has 1 fully saturated rings. The zero-order valence-electron chi connectivity index (χ0n) is 18.9. The predicted molar refractivity (Wildman–Crippen MR) is 133 cm³/mol. The van der Waals surface area contributed by atoms with E-state index in [0.717, 1.165) is 68.5 Å². The van der Waals surface area contributed by atoms with Crippen molar-refractivity contribution in [3.05, 3.63) is 23.8 Å². The lowest BCUT2D eigenvalue weighted by atomic mass is 10.1. The van der Waals surface area contributed by atoms with E-state index >= 15 is 0 Å². The van der Waals surface area contributed by atoms with Crippen molar-refractivity contribution in [1.82, 2.24) is 15.5 Å². The van der Waals surface area contributed by atoms with Crippen LogP contribution in [-0.4, -0.2) is 71.5 Å². The van der Waals surface area contributed by atoms with E-state index in [4.69, 9.17) is 14.2 Å². The number of benzene rings is 1. The summed E-state index contributed by atoms with van der Waals surface area (Å²) in [5, 5.41) is 6.77. The fourth-order valence-corrected chi connectivity index (χ4v) is 3.52. The topological polar surface area (TPSA) is 67.4 Å². The van der Waals surface area contributed by atoms with Crippen LogP contribution >= 0.6 is 24.0 Å². The molecule has 30 heavy (non-hydrogen) atoms. The molecule has 0 aromatic heterocycles. The van der Waals surface area contributed by atoms with Crippen LogP contribution in [0.25, 0.3) is 0 Å². The minimum atomic E-state index is 0. The van der Waals surface area contributed by atoms with Gasteiger partial charge in [-0.3, -0.25) is 4.99 Å². The molecule has 0 radical (unpaired) electrons. The van der Waals surface area contributed by atoms with Gasteiger partial charge in [0.1, 0.15) is 0 Å². The van der Waals surface area contributed by atoms with Gasteiger partial charge in [0.2, 0.25) is 0 Å². The summed E-state index contributed by atoms with van der Waals surface area (Å²) in [5.41, 5.74) is 1.08. The Bertz CT molecular complexity index is 624. The summed E-state index contributed by atoms with van der Waals surface area (Å²) in [6, 6.07) is 6.04. The lowest BCUT2D eigenvalue weighted by Gasteiger charge is -2.21. The number of hydrogen-bond acceptors (Lipinski definition) is 5. The third-order valence-corrected chi connectivity index (χ3v) is 5.21. The number of nitrogens with one attached hydrogen (secondary N) is 2. The van der Waals surface area contributed by atoms with Gasteiger partial charge in [0, 0.05) is 52.5 Å². The van der Waals surface area contributed by atoms with Crippen LogP contribution in [0.4, 0.5) is 0 Å². The first-order valence-corrected chi connectivity index (χ1v) is 10.6. The number of aliphatic imine (C=N–C) groups is 1. The zero-order chi connectivity index (χ0) is 20.9. The third kappa shape index (κ3) is 9.26. The number of rotatable bonds is 12. The molecule has 172 valence electrons. The van der Waals surface area contributed by atoms with Gasteiger partial charge in [0.25, 0.3) is 0 Å². The Hall–Kier alpha value is -1.26. The fraction of sp³-hybridized carbons (Fsp3) is 0.682. The Labute approximate surface area is 199 Å². The van der Waals surface area contributed by atoms with Crippen LogP contribution in [-0.2, 0) is 11.3 Å². The highest BCUT2D eigenvalue weighted by Gasteiger charge is 2.20. The summed E-state index contributed by atoms with van der Waals surface area (Å²) in [6.07, 6.45) is 6.04. The molecule has 2 N–H and O–H groups in total. The highest BCUT2D eigenvalue weighted by molar-refractivity contribution is 14.0. The normalized spacial score (nSPS) is 14.5. The van der Waals surface area contributed by atoms with E-state index in [1.807, 2.05) is 12.1 Å². The molecule has 1 saturated carbocycles. The molecule has 0 heterocycles. The Morgan fingerprint density at radius 2 is 1.93 bits per heavy atom. The van der Waals surface area contributed by atoms with Crippen molar-refractivity contribution in [2.75, 3.05) is 54.6 Å². The van der Waals surface area contributed by atoms with Gasteiger partial charge in [-0.1, -0.05) is 12.1 Å². The number of guanidine groups is 1. The molecule has 0 spiro atoms. The Morgan fingerprint density at radius 3 is 2.60 bits per heavy atom. The van der Waals surface area contributed by atoms with Gasteiger partial charge < -0.3 is 29.7 Å². The summed E-state index contributed by atoms with van der Waals surface area (Å²) in [4.78, 5) is 6.62. The molecule has 2 rings (SSSR count). The summed E-state index contributed by atoms with van der Waals surface area (Å²) >= 11 is 0. The molecule has 0 atom stereocenters. The maximum Gasteiger partial charge on any atom is 0.191 e. The van der Waals surface area contributed by atoms with Crippen LogP contribution in [0.3, 0.4) is 0 Å². The van der Waals surface area contributed by atoms with Crippen molar-refractivity contribution in [2.24, 2.45) is 4.99 Å². The average molecular weight is 534 g/mol. The molecule has 0 bridgehead atoms. The lowest BCUT2D eigenvalue weighted by Crippen LogP contribution is -2.40. The van der Waals surface area contributed by atoms with Gasteiger partial charge in [0.15, 0.2) is 17.5 Å². The summed E-state index contributed by atoms with van der Waals surface area (Å²) in [7, 11) is 7.34. The van der Waals surface area contributed by atoms with Crippen molar-refractivity contribution < 1.29 is 14.2 Å². The molecule has 1 aliphatic carbocycles. The first-order valence-electron chi connectivity index (χ1n) is 10.6. The van der Waals surface area contributed by atoms with Gasteiger partial charge in [-0.05, 0) is 45.2 Å². The number of nitrogens with zero attached hydrogens (tertiary/aromatic N) is 2. The minimum Gasteiger partial charge on any atom is -0.493 e. The van der Waals surface area contributed by atoms with Gasteiger partial charge >= 0.3 is 0 Å². The van der Waals surface area contributed by atoms with Crippen molar-refractivity contribution >= 4 is 29.9 Å². The molecular formula is C22H39IN4O3. The highest BCUT2D eigenvalue weighted by Crippen LogP contribution is 2.34. The van der Waals surface area contributed by atoms with Crippen LogP contribution in [0.5, 0.6) is 11.5 Å². The van der Waals surface area contributed by atoms with Gasteiger partial charge in [-0.15, -0.1) is 24.0 Å². The number of likely N-dealkylation sites (N-methyl/N-ethyl adjacent to an activating group) is 1. The lowest BCUT2D eigenvalue weighted by molar-refractivity contribution is 0.180. The summed E-state index contributed by atoms with van der Waals surface area (Å²) < 4.78 is 17.0. The van der Waals surface area contributed by atoms with Gasteiger partial charge in [-0.25, -0.2) is 0 Å². The van der Waals surface area contributed by atoms with Crippen molar-refractivity contribution in [3.63, 3.8) is 0 Å². The van der Waals surface area contributed by atoms with Crippen LogP contribution < -0.4 is 20.1 Å². The predicted octanol–water partition coefficient (Wildman–Crippen LogP) is 3.27. The molecular weight excluding hydrogens is 495 g/mol. The molecule has 7 nitrogen and oxygen atoms in total. The molecule has 8 heteroatoms. The molecule has 0 unspecified atom stereocenters. The molecule has 1 aliphatic rings. The summed E-state index contributed by atoms with van der Waals surface area (Å²) in [5.74, 6) is 2.42. The monoisotopic (exact) mass is 534 g/mol. The van der Waals surface area contributed by atoms with Gasteiger partial charge in [0.05, 0.1) is 13.2 Å². The first-order chi connectivity index (χ1) is 14.2. The number of para-hydroxylation sites is 1. The minimum absolute atomic E-state index is 0. The largest absolute Gasteiger partial charge is 0.493 e. The Kier molecular flexibility index (Phi) is 13.9. The van der Waals surface area contributed by atoms with Crippen LogP contribution in [0.2, 0.25) is 0 Å². The number of hydrogen-bond donors (Lipinski definition) is 2. The van der Waals surface area contributed by atoms with Gasteiger partial charge in [-0.2, -0.15) is 0 Å². The van der Waals surface area contributed by atoms with E-state index in [9.17, 15) is 0 Å². The smallest absolute Gasteiger partial charge is 0.191 e. The number of ether oxygens (including phenoxy) is 3. The van der Waals surface area contributed by atoms with Crippen LogP contribution in [0.15, 0.2) is 23.2 Å². The van der Waals surface area contributed by atoms with Crippen molar-refractivity contribution in [3.8, 4) is 11.5 Å². The second-order valence-electron chi connectivity index (χ2n) is 7.48. The molecule has 0 amide bonds. The van der Waals surface area contributed by atoms with E-state index < -0.39 is 0 Å². The van der Waals surface area contributed by atoms with E-state index in [1.54, 1.807) is 21.3 Å². The highest BCUT2D eigenvalue weighted by atomic mass is 127. The van der Waals surface area contributed by atoms with E-state index in [2.05, 4.69) is 33.6 Å². The molecule has 0 saturated heterocycles. The van der Waals surface area contributed by atoms with Crippen molar-refractivity contribution in [1.29, 1.82) is 0 Å². The SMILES string of the molecule is CN=C(NCCN(C)CCCOC)NCc1cccc(OC)c1OC1CCCC1.I. The Balaban J connectivity index is 0.00000450. The Morgan fingerprint density at radius 1 is 1.17 bits per heavy atom. The second kappa shape index (κ2) is 15.5. The second-order valence-corrected chi connectivity index (χ2v) is 7.48. The summed E-state index contributed by atoms with van der Waals surface area (Å²) in [6.45, 7) is 4.22. The van der Waals surface area contributed by atoms with E-state index in [0.29, 0.717) is 6.54 Å². The van der Waals surface area contributed by atoms with Crippen LogP contribution in [0.1, 0.15) is 37.7 Å². The number of methoxy groups -OCH3 is 2. The van der Waals surface area contributed by atoms with E-state index in [-0.39, 0.29) is 30.1 Å². The number of halogens is 1. The zero-order valence-corrected chi connectivity index (χ0v) is 21.2. The maximum atomic E-state index is 6.31. The fourth-order valence-electron chi connectivity index (χ4n) is 3.52. The molecule has 1 aromatic carbocycles. The van der Waals surface area contributed by atoms with Crippen LogP contribution in [0, 0.1) is 0 Å². The first kappa shape index (κ1) is 26.8. The van der Waals surface area contributed by atoms with Crippen molar-refractivity contribution in [2.45, 2.75) is 44.8 Å². The van der Waals surface area contributed by atoms with E-state index in [1.165, 1.54) is 12.8 Å². The molecule has 0 aliphatic heterocycles. The maximum absolute atomic E-state index is 6.31. The third-order valence-electron chi connectivity index (χ3n) is 5.21. The quantitative estimate of drug-likeness (QED) is 0.186. The average Bonchev–Trinajstić information content (AvgIpc) is 3.24. The standard InChI is InChI=1S/C22H38N4O3.HI/c1-23-22(24-13-15-26(2)14-8-16-27-3)25-17-18-9-7-12-20(28-4)21(18)29-19-10-5-6-11-19;/h7,9,12,19H,5-6,8,10-11,13-17H2,1-4H3,(H2,23,24,25);1H. The molecule has 1 aromatic rings.